The van der Waals surface area contributed by atoms with Crippen molar-refractivity contribution in [2.45, 2.75) is 12.5 Å². The minimum absolute atomic E-state index is 0.120. The maximum absolute atomic E-state index is 12.9. The molecule has 2 aromatic carbocycles. The van der Waals surface area contributed by atoms with Crippen LogP contribution in [0.2, 0.25) is 0 Å². The van der Waals surface area contributed by atoms with Crippen molar-refractivity contribution in [1.29, 1.82) is 0 Å². The van der Waals surface area contributed by atoms with Gasteiger partial charge in [0.25, 0.3) is 5.91 Å². The molecular formula is C18H19NO4. The normalized spacial score (nSPS) is 16.7. The van der Waals surface area contributed by atoms with Crippen LogP contribution in [-0.4, -0.2) is 31.8 Å². The zero-order valence-electron chi connectivity index (χ0n) is 13.2. The third kappa shape index (κ3) is 2.75. The molecule has 0 saturated heterocycles. The lowest BCUT2D eigenvalue weighted by Gasteiger charge is -2.32. The Morgan fingerprint density at radius 1 is 1.13 bits per heavy atom. The summed E-state index contributed by atoms with van der Waals surface area (Å²) in [5, 5.41) is 10.1. The second-order valence-corrected chi connectivity index (χ2v) is 5.39. The molecule has 3 rings (SSSR count). The summed E-state index contributed by atoms with van der Waals surface area (Å²) in [5.41, 5.74) is 2.06. The highest BCUT2D eigenvalue weighted by molar-refractivity contribution is 6.07. The molecule has 1 heterocycles. The van der Waals surface area contributed by atoms with Gasteiger partial charge in [-0.15, -0.1) is 0 Å². The van der Waals surface area contributed by atoms with Gasteiger partial charge in [-0.2, -0.15) is 0 Å². The van der Waals surface area contributed by atoms with E-state index < -0.39 is 6.10 Å². The van der Waals surface area contributed by atoms with E-state index in [0.717, 1.165) is 11.3 Å². The Morgan fingerprint density at radius 3 is 2.61 bits per heavy atom. The van der Waals surface area contributed by atoms with Gasteiger partial charge >= 0.3 is 0 Å². The number of hydrogen-bond donors (Lipinski definition) is 1. The molecule has 1 atom stereocenters. The Labute approximate surface area is 135 Å². The summed E-state index contributed by atoms with van der Waals surface area (Å²) in [5.74, 6) is 0.979. The number of benzene rings is 2. The number of fused-ring (bicyclic) bond motifs is 1. The smallest absolute Gasteiger partial charge is 0.258 e. The first-order chi connectivity index (χ1) is 11.2. The maximum atomic E-state index is 12.9. The SMILES string of the molecule is COc1ccc(C(=O)N2CCC(O)c3ccccc32)cc1OC. The van der Waals surface area contributed by atoms with E-state index in [-0.39, 0.29) is 5.91 Å². The van der Waals surface area contributed by atoms with Crippen molar-refractivity contribution < 1.29 is 19.4 Å². The van der Waals surface area contributed by atoms with Gasteiger partial charge in [-0.1, -0.05) is 18.2 Å². The number of carbonyl (C=O) groups is 1. The Morgan fingerprint density at radius 2 is 1.87 bits per heavy atom. The molecule has 0 fully saturated rings. The molecule has 1 unspecified atom stereocenters. The van der Waals surface area contributed by atoms with E-state index >= 15 is 0 Å². The van der Waals surface area contributed by atoms with E-state index in [2.05, 4.69) is 0 Å². The number of nitrogens with zero attached hydrogens (tertiary/aromatic N) is 1. The Bertz CT molecular complexity index is 729. The van der Waals surface area contributed by atoms with Crippen LogP contribution in [0.15, 0.2) is 42.5 Å². The van der Waals surface area contributed by atoms with Crippen LogP contribution in [0.4, 0.5) is 5.69 Å². The molecule has 0 aromatic heterocycles. The van der Waals surface area contributed by atoms with E-state index in [0.29, 0.717) is 30.0 Å². The molecule has 0 radical (unpaired) electrons. The van der Waals surface area contributed by atoms with Gasteiger partial charge in [0, 0.05) is 23.4 Å². The summed E-state index contributed by atoms with van der Waals surface area (Å²) in [6.07, 6.45) is -0.00332. The van der Waals surface area contributed by atoms with Crippen molar-refractivity contribution in [3.63, 3.8) is 0 Å². The molecule has 0 saturated carbocycles. The summed E-state index contributed by atoms with van der Waals surface area (Å²) >= 11 is 0. The molecule has 120 valence electrons. The Kier molecular flexibility index (Phi) is 4.21. The van der Waals surface area contributed by atoms with Crippen molar-refractivity contribution in [2.75, 3.05) is 25.7 Å². The number of carbonyl (C=O) groups excluding carboxylic acids is 1. The molecule has 5 nitrogen and oxygen atoms in total. The number of anilines is 1. The van der Waals surface area contributed by atoms with Gasteiger partial charge in [0.15, 0.2) is 11.5 Å². The van der Waals surface area contributed by atoms with Crippen LogP contribution in [-0.2, 0) is 0 Å². The number of para-hydroxylation sites is 1. The first-order valence-electron chi connectivity index (χ1n) is 7.46. The van der Waals surface area contributed by atoms with Crippen LogP contribution in [0.1, 0.15) is 28.4 Å². The fourth-order valence-electron chi connectivity index (χ4n) is 2.88. The molecule has 23 heavy (non-hydrogen) atoms. The van der Waals surface area contributed by atoms with Gasteiger partial charge in [-0.05, 0) is 30.7 Å². The van der Waals surface area contributed by atoms with E-state index in [1.54, 1.807) is 37.3 Å². The van der Waals surface area contributed by atoms with Gasteiger partial charge in [0.05, 0.1) is 20.3 Å². The van der Waals surface area contributed by atoms with Gasteiger partial charge in [0.2, 0.25) is 0 Å². The molecule has 0 spiro atoms. The third-order valence-electron chi connectivity index (χ3n) is 4.09. The van der Waals surface area contributed by atoms with Crippen molar-refractivity contribution >= 4 is 11.6 Å². The zero-order valence-corrected chi connectivity index (χ0v) is 13.2. The van der Waals surface area contributed by atoms with Crippen LogP contribution in [0.25, 0.3) is 0 Å². The standard InChI is InChI=1S/C18H19NO4/c1-22-16-8-7-12(11-17(16)23-2)18(21)19-10-9-15(20)13-5-3-4-6-14(13)19/h3-8,11,15,20H,9-10H2,1-2H3. The number of amides is 1. The van der Waals surface area contributed by atoms with Crippen LogP contribution in [0.5, 0.6) is 11.5 Å². The molecular weight excluding hydrogens is 294 g/mol. The van der Waals surface area contributed by atoms with Crippen molar-refractivity contribution in [1.82, 2.24) is 0 Å². The van der Waals surface area contributed by atoms with Gasteiger partial charge in [0.1, 0.15) is 0 Å². The lowest BCUT2D eigenvalue weighted by atomic mass is 9.98. The first kappa shape index (κ1) is 15.4. The highest BCUT2D eigenvalue weighted by Gasteiger charge is 2.28. The minimum atomic E-state index is -0.527. The highest BCUT2D eigenvalue weighted by Crippen LogP contribution is 2.35. The van der Waals surface area contributed by atoms with Crippen LogP contribution >= 0.6 is 0 Å². The van der Waals surface area contributed by atoms with Crippen molar-refractivity contribution in [3.05, 3.63) is 53.6 Å². The summed E-state index contributed by atoms with van der Waals surface area (Å²) in [4.78, 5) is 14.6. The molecule has 1 aliphatic rings. The van der Waals surface area contributed by atoms with E-state index in [4.69, 9.17) is 9.47 Å². The lowest BCUT2D eigenvalue weighted by Crippen LogP contribution is -2.36. The van der Waals surface area contributed by atoms with Crippen molar-refractivity contribution in [3.8, 4) is 11.5 Å². The third-order valence-corrected chi connectivity index (χ3v) is 4.09. The number of ether oxygens (including phenoxy) is 2. The summed E-state index contributed by atoms with van der Waals surface area (Å²) in [6.45, 7) is 0.478. The highest BCUT2D eigenvalue weighted by atomic mass is 16.5. The average molecular weight is 313 g/mol. The van der Waals surface area contributed by atoms with Gasteiger partial charge in [-0.3, -0.25) is 4.79 Å². The maximum Gasteiger partial charge on any atom is 0.258 e. The summed E-state index contributed by atoms with van der Waals surface area (Å²) < 4.78 is 10.5. The number of hydrogen-bond acceptors (Lipinski definition) is 4. The number of methoxy groups -OCH3 is 2. The van der Waals surface area contributed by atoms with E-state index in [9.17, 15) is 9.90 Å². The van der Waals surface area contributed by atoms with E-state index in [1.807, 2.05) is 24.3 Å². The average Bonchev–Trinajstić information content (AvgIpc) is 2.61. The monoisotopic (exact) mass is 313 g/mol. The molecule has 1 N–H and O–H groups in total. The largest absolute Gasteiger partial charge is 0.493 e. The molecule has 0 aliphatic carbocycles. The topological polar surface area (TPSA) is 59.0 Å². The molecule has 2 aromatic rings. The summed E-state index contributed by atoms with van der Waals surface area (Å²) in [6, 6.07) is 12.6. The van der Waals surface area contributed by atoms with Gasteiger partial charge < -0.3 is 19.5 Å². The van der Waals surface area contributed by atoms with E-state index in [1.165, 1.54) is 0 Å². The molecule has 0 bridgehead atoms. The number of aliphatic hydroxyl groups is 1. The lowest BCUT2D eigenvalue weighted by molar-refractivity contribution is 0.0970. The molecule has 5 heteroatoms. The first-order valence-corrected chi connectivity index (χ1v) is 7.46. The predicted octanol–water partition coefficient (Wildman–Crippen LogP) is 2.79. The molecule has 1 aliphatic heterocycles. The van der Waals surface area contributed by atoms with Crippen molar-refractivity contribution in [2.24, 2.45) is 0 Å². The number of aliphatic hydroxyl groups excluding tert-OH is 1. The molecule has 1 amide bonds. The second kappa shape index (κ2) is 6.30. The number of rotatable bonds is 3. The Hall–Kier alpha value is -2.53. The van der Waals surface area contributed by atoms with Crippen LogP contribution in [0, 0.1) is 0 Å². The fourth-order valence-corrected chi connectivity index (χ4v) is 2.88. The van der Waals surface area contributed by atoms with Gasteiger partial charge in [-0.25, -0.2) is 0 Å². The van der Waals surface area contributed by atoms with Crippen LogP contribution in [0.3, 0.4) is 0 Å². The Balaban J connectivity index is 1.97. The predicted molar refractivity (Wildman–Crippen MR) is 87.2 cm³/mol. The quantitative estimate of drug-likeness (QED) is 0.946. The van der Waals surface area contributed by atoms with Crippen LogP contribution < -0.4 is 14.4 Å². The fraction of sp³-hybridized carbons (Fsp3) is 0.278. The zero-order chi connectivity index (χ0) is 16.4. The minimum Gasteiger partial charge on any atom is -0.493 e. The summed E-state index contributed by atoms with van der Waals surface area (Å²) in [7, 11) is 3.10. The second-order valence-electron chi connectivity index (χ2n) is 5.39.